The molecule has 0 bridgehead atoms. The topological polar surface area (TPSA) is 114 Å². The fourth-order valence-electron chi connectivity index (χ4n) is 5.89. The first-order chi connectivity index (χ1) is 19.2. The zero-order chi connectivity index (χ0) is 28.6. The van der Waals surface area contributed by atoms with Crippen LogP contribution in [0.3, 0.4) is 0 Å². The van der Waals surface area contributed by atoms with Crippen LogP contribution < -0.4 is 16.0 Å². The molecule has 4 rings (SSSR count). The van der Waals surface area contributed by atoms with Crippen molar-refractivity contribution in [2.24, 2.45) is 11.8 Å². The van der Waals surface area contributed by atoms with Crippen molar-refractivity contribution < 1.29 is 23.9 Å². The lowest BCUT2D eigenvalue weighted by atomic mass is 9.92. The van der Waals surface area contributed by atoms with Gasteiger partial charge in [0.1, 0.15) is 6.04 Å². The number of hydrogen-bond donors (Lipinski definition) is 3. The van der Waals surface area contributed by atoms with Crippen molar-refractivity contribution in [3.8, 4) is 0 Å². The molecule has 2 aliphatic carbocycles. The van der Waals surface area contributed by atoms with Crippen LogP contribution in [-0.4, -0.2) is 48.9 Å². The average molecular weight is 548 g/mol. The smallest absolute Gasteiger partial charge is 0.306 e. The Balaban J connectivity index is 1.39. The molecule has 0 aromatic heterocycles. The number of fused-ring (bicyclic) bond motifs is 2. The van der Waals surface area contributed by atoms with Crippen molar-refractivity contribution in [2.45, 2.75) is 83.3 Å². The predicted octanol–water partition coefficient (Wildman–Crippen LogP) is 3.04. The van der Waals surface area contributed by atoms with Gasteiger partial charge < -0.3 is 20.7 Å². The molecule has 214 valence electrons. The number of rotatable bonds is 12. The molecule has 0 spiro atoms. The van der Waals surface area contributed by atoms with Crippen molar-refractivity contribution >= 4 is 23.7 Å². The van der Waals surface area contributed by atoms with Crippen LogP contribution >= 0.6 is 0 Å². The van der Waals surface area contributed by atoms with Crippen molar-refractivity contribution in [1.82, 2.24) is 16.0 Å². The Hall–Kier alpha value is -3.68. The van der Waals surface area contributed by atoms with Crippen LogP contribution in [0.4, 0.5) is 0 Å². The monoisotopic (exact) mass is 547 g/mol. The van der Waals surface area contributed by atoms with Gasteiger partial charge >= 0.3 is 5.97 Å². The van der Waals surface area contributed by atoms with E-state index in [0.717, 1.165) is 25.7 Å². The second kappa shape index (κ2) is 13.6. The largest absolute Gasteiger partial charge is 0.469 e. The zero-order valence-corrected chi connectivity index (χ0v) is 23.7. The highest BCUT2D eigenvalue weighted by Crippen LogP contribution is 2.23. The number of ether oxygens (including phenoxy) is 1. The third-order valence-corrected chi connectivity index (χ3v) is 7.87. The van der Waals surface area contributed by atoms with E-state index in [-0.39, 0.29) is 55.0 Å². The normalized spacial score (nSPS) is 16.1. The molecule has 0 unspecified atom stereocenters. The van der Waals surface area contributed by atoms with Crippen LogP contribution in [0.2, 0.25) is 0 Å². The summed E-state index contributed by atoms with van der Waals surface area (Å²) in [6.45, 7) is 3.95. The first-order valence-corrected chi connectivity index (χ1v) is 14.3. The van der Waals surface area contributed by atoms with Crippen LogP contribution in [0.25, 0.3) is 0 Å². The SMILES string of the molecule is COC(=O)C[C@@H](CC(C)C)C(=O)N[C@@H](CCC(=O)NC1Cc2ccccc2C1)C(=O)NC1Cc2ccccc2C1. The van der Waals surface area contributed by atoms with E-state index >= 15 is 0 Å². The molecule has 40 heavy (non-hydrogen) atoms. The summed E-state index contributed by atoms with van der Waals surface area (Å²) in [5.74, 6) is -1.75. The summed E-state index contributed by atoms with van der Waals surface area (Å²) in [5, 5.41) is 9.06. The molecule has 0 aliphatic heterocycles. The Bertz CT molecular complexity index is 1180. The molecule has 2 aliphatic rings. The number of esters is 1. The van der Waals surface area contributed by atoms with E-state index in [2.05, 4.69) is 40.2 Å². The number of carbonyl (C=O) groups is 4. The van der Waals surface area contributed by atoms with Crippen molar-refractivity contribution in [3.05, 3.63) is 70.8 Å². The summed E-state index contributed by atoms with van der Waals surface area (Å²) >= 11 is 0. The lowest BCUT2D eigenvalue weighted by Crippen LogP contribution is -2.51. The van der Waals surface area contributed by atoms with Gasteiger partial charge in [-0.3, -0.25) is 19.2 Å². The maximum atomic E-state index is 13.5. The second-order valence-electron chi connectivity index (χ2n) is 11.5. The number of hydrogen-bond acceptors (Lipinski definition) is 5. The summed E-state index contributed by atoms with van der Waals surface area (Å²) in [7, 11) is 1.30. The first-order valence-electron chi connectivity index (χ1n) is 14.3. The van der Waals surface area contributed by atoms with Crippen molar-refractivity contribution in [1.29, 1.82) is 0 Å². The van der Waals surface area contributed by atoms with Crippen LogP contribution in [0.15, 0.2) is 48.5 Å². The van der Waals surface area contributed by atoms with Gasteiger partial charge in [0, 0.05) is 24.4 Å². The van der Waals surface area contributed by atoms with E-state index in [1.165, 1.54) is 29.4 Å². The average Bonchev–Trinajstić information content (AvgIpc) is 3.52. The van der Waals surface area contributed by atoms with Gasteiger partial charge in [0.25, 0.3) is 0 Å². The lowest BCUT2D eigenvalue weighted by molar-refractivity contribution is -0.144. The maximum absolute atomic E-state index is 13.5. The molecule has 2 atom stereocenters. The van der Waals surface area contributed by atoms with Crippen LogP contribution in [0, 0.1) is 11.8 Å². The summed E-state index contributed by atoms with van der Waals surface area (Å²) in [6.07, 6.45) is 3.71. The fourth-order valence-corrected chi connectivity index (χ4v) is 5.89. The Morgan fingerprint density at radius 3 is 1.77 bits per heavy atom. The standard InChI is InChI=1S/C32H41N3O5/c1-20(2)14-25(19-30(37)40-3)31(38)35-28(32(39)34-27-17-23-10-6-7-11-24(23)18-27)12-13-29(36)33-26-15-21-8-4-5-9-22(21)16-26/h4-11,20,25-28H,12-19H2,1-3H3,(H,33,36)(H,34,39)(H,35,38)/t25-,28+/m1/s1. The molecule has 0 radical (unpaired) electrons. The van der Waals surface area contributed by atoms with Crippen LogP contribution in [0.1, 0.15) is 61.8 Å². The number of carbonyl (C=O) groups excluding carboxylic acids is 4. The van der Waals surface area contributed by atoms with Gasteiger partial charge in [0.05, 0.1) is 13.5 Å². The minimum Gasteiger partial charge on any atom is -0.469 e. The molecule has 8 nitrogen and oxygen atoms in total. The van der Waals surface area contributed by atoms with Gasteiger partial charge in [-0.25, -0.2) is 0 Å². The van der Waals surface area contributed by atoms with E-state index in [9.17, 15) is 19.2 Å². The molecule has 2 aromatic carbocycles. The van der Waals surface area contributed by atoms with Gasteiger partial charge in [-0.2, -0.15) is 0 Å². The number of methoxy groups -OCH3 is 1. The van der Waals surface area contributed by atoms with E-state index in [0.29, 0.717) is 6.42 Å². The highest BCUT2D eigenvalue weighted by molar-refractivity contribution is 5.90. The van der Waals surface area contributed by atoms with Crippen molar-refractivity contribution in [3.63, 3.8) is 0 Å². The lowest BCUT2D eigenvalue weighted by Gasteiger charge is -2.24. The van der Waals surface area contributed by atoms with Crippen LogP contribution in [0.5, 0.6) is 0 Å². The molecule has 0 saturated carbocycles. The Kier molecular flexibility index (Phi) is 9.96. The van der Waals surface area contributed by atoms with E-state index < -0.39 is 17.9 Å². The number of amides is 3. The first kappa shape index (κ1) is 29.3. The van der Waals surface area contributed by atoms with Gasteiger partial charge in [-0.05, 0) is 66.7 Å². The molecule has 3 N–H and O–H groups in total. The third kappa shape index (κ3) is 7.93. The quantitative estimate of drug-likeness (QED) is 0.354. The highest BCUT2D eigenvalue weighted by Gasteiger charge is 2.31. The molecule has 2 aromatic rings. The fraction of sp³-hybridized carbons (Fsp3) is 0.500. The molecule has 3 amide bonds. The third-order valence-electron chi connectivity index (χ3n) is 7.87. The highest BCUT2D eigenvalue weighted by atomic mass is 16.5. The van der Waals surface area contributed by atoms with Gasteiger partial charge in [0.15, 0.2) is 0 Å². The van der Waals surface area contributed by atoms with E-state index in [1.54, 1.807) is 0 Å². The zero-order valence-electron chi connectivity index (χ0n) is 23.7. The van der Waals surface area contributed by atoms with Gasteiger partial charge in [0.2, 0.25) is 17.7 Å². The van der Waals surface area contributed by atoms with Crippen molar-refractivity contribution in [2.75, 3.05) is 7.11 Å². The molecule has 0 heterocycles. The molecule has 0 saturated heterocycles. The Morgan fingerprint density at radius 1 is 0.800 bits per heavy atom. The minimum absolute atomic E-state index is 0.0271. The van der Waals surface area contributed by atoms with E-state index in [1.807, 2.05) is 38.1 Å². The van der Waals surface area contributed by atoms with Gasteiger partial charge in [-0.1, -0.05) is 62.4 Å². The maximum Gasteiger partial charge on any atom is 0.306 e. The van der Waals surface area contributed by atoms with Crippen LogP contribution in [-0.2, 0) is 49.6 Å². The van der Waals surface area contributed by atoms with E-state index in [4.69, 9.17) is 4.74 Å². The second-order valence-corrected chi connectivity index (χ2v) is 11.5. The van der Waals surface area contributed by atoms with Gasteiger partial charge in [-0.15, -0.1) is 0 Å². The Morgan fingerprint density at radius 2 is 1.30 bits per heavy atom. The summed E-state index contributed by atoms with van der Waals surface area (Å²) in [4.78, 5) is 51.7. The number of benzene rings is 2. The Labute approximate surface area is 236 Å². The number of nitrogens with one attached hydrogen (secondary N) is 3. The molecular weight excluding hydrogens is 506 g/mol. The predicted molar refractivity (Wildman–Crippen MR) is 152 cm³/mol. The summed E-state index contributed by atoms with van der Waals surface area (Å²) < 4.78 is 4.80. The molecule has 8 heteroatoms. The summed E-state index contributed by atoms with van der Waals surface area (Å²) in [5.41, 5.74) is 4.91. The molecule has 0 fully saturated rings. The molecular formula is C32H41N3O5. The minimum atomic E-state index is -0.893. The summed E-state index contributed by atoms with van der Waals surface area (Å²) in [6, 6.07) is 15.3.